The van der Waals surface area contributed by atoms with Crippen LogP contribution in [-0.4, -0.2) is 6.54 Å². The summed E-state index contributed by atoms with van der Waals surface area (Å²) in [6.07, 6.45) is 1.04. The molecule has 0 amide bonds. The predicted molar refractivity (Wildman–Crippen MR) is 78.5 cm³/mol. The second kappa shape index (κ2) is 6.62. The van der Waals surface area contributed by atoms with Crippen molar-refractivity contribution in [2.75, 3.05) is 6.54 Å². The molecule has 0 heterocycles. The van der Waals surface area contributed by atoms with Crippen LogP contribution in [0.4, 0.5) is 8.78 Å². The van der Waals surface area contributed by atoms with Gasteiger partial charge in [-0.3, -0.25) is 0 Å². The van der Waals surface area contributed by atoms with Crippen LogP contribution in [0, 0.1) is 18.6 Å². The van der Waals surface area contributed by atoms with E-state index in [0.29, 0.717) is 17.7 Å². The summed E-state index contributed by atoms with van der Waals surface area (Å²) < 4.78 is 27.6. The van der Waals surface area contributed by atoms with Gasteiger partial charge in [0, 0.05) is 12.1 Å². The average Bonchev–Trinajstić information content (AvgIpc) is 2.38. The van der Waals surface area contributed by atoms with Crippen molar-refractivity contribution in [1.29, 1.82) is 0 Å². The molecule has 0 fully saturated rings. The van der Waals surface area contributed by atoms with Crippen LogP contribution in [0.3, 0.4) is 0 Å². The van der Waals surface area contributed by atoms with Crippen molar-refractivity contribution in [3.05, 3.63) is 59.2 Å². The lowest BCUT2D eigenvalue weighted by Gasteiger charge is -2.08. The zero-order valence-corrected chi connectivity index (χ0v) is 11.8. The predicted octanol–water partition coefficient (Wildman–Crippen LogP) is 4.44. The first-order valence-electron chi connectivity index (χ1n) is 6.87. The lowest BCUT2D eigenvalue weighted by Crippen LogP contribution is -2.13. The molecular weight excluding hydrogens is 256 g/mol. The Morgan fingerprint density at radius 2 is 1.85 bits per heavy atom. The van der Waals surface area contributed by atoms with Crippen LogP contribution >= 0.6 is 0 Å². The van der Waals surface area contributed by atoms with Gasteiger partial charge in [0.25, 0.3) is 0 Å². The van der Waals surface area contributed by atoms with Crippen molar-refractivity contribution in [3.8, 4) is 11.1 Å². The highest BCUT2D eigenvalue weighted by Crippen LogP contribution is 2.25. The van der Waals surface area contributed by atoms with Crippen molar-refractivity contribution in [2.45, 2.75) is 26.8 Å². The van der Waals surface area contributed by atoms with Crippen molar-refractivity contribution >= 4 is 0 Å². The molecule has 1 nitrogen and oxygen atoms in total. The zero-order valence-electron chi connectivity index (χ0n) is 11.8. The van der Waals surface area contributed by atoms with Crippen molar-refractivity contribution in [2.24, 2.45) is 0 Å². The smallest absolute Gasteiger partial charge is 0.131 e. The fourth-order valence-corrected chi connectivity index (χ4v) is 2.20. The van der Waals surface area contributed by atoms with E-state index in [4.69, 9.17) is 0 Å². The molecule has 1 N–H and O–H groups in total. The largest absolute Gasteiger partial charge is 0.313 e. The third kappa shape index (κ3) is 3.64. The highest BCUT2D eigenvalue weighted by Gasteiger charge is 2.08. The topological polar surface area (TPSA) is 12.0 Å². The second-order valence-electron chi connectivity index (χ2n) is 5.01. The molecule has 0 bridgehead atoms. The van der Waals surface area contributed by atoms with Crippen molar-refractivity contribution < 1.29 is 8.78 Å². The molecule has 0 aliphatic heterocycles. The Balaban J connectivity index is 2.25. The maximum Gasteiger partial charge on any atom is 0.131 e. The van der Waals surface area contributed by atoms with E-state index in [1.54, 1.807) is 19.1 Å². The molecule has 2 aromatic rings. The summed E-state index contributed by atoms with van der Waals surface area (Å²) in [4.78, 5) is 0. The lowest BCUT2D eigenvalue weighted by molar-refractivity contribution is 0.619. The number of hydrogen-bond acceptors (Lipinski definition) is 1. The Bertz CT molecular complexity index is 573. The lowest BCUT2D eigenvalue weighted by atomic mass is 10.0. The van der Waals surface area contributed by atoms with Crippen LogP contribution in [0.1, 0.15) is 24.5 Å². The number of halogens is 2. The number of rotatable bonds is 5. The minimum Gasteiger partial charge on any atom is -0.313 e. The van der Waals surface area contributed by atoms with E-state index in [1.165, 1.54) is 18.2 Å². The molecule has 0 aliphatic carbocycles. The first kappa shape index (κ1) is 14.7. The maximum atomic E-state index is 14.2. The Hall–Kier alpha value is -1.74. The van der Waals surface area contributed by atoms with Gasteiger partial charge in [-0.15, -0.1) is 0 Å². The minimum atomic E-state index is -0.340. The molecule has 2 rings (SSSR count). The molecule has 2 aromatic carbocycles. The van der Waals surface area contributed by atoms with E-state index in [1.807, 2.05) is 6.07 Å². The molecule has 0 saturated heterocycles. The summed E-state index contributed by atoms with van der Waals surface area (Å²) in [5.74, 6) is -0.654. The summed E-state index contributed by atoms with van der Waals surface area (Å²) >= 11 is 0. The fourth-order valence-electron chi connectivity index (χ4n) is 2.20. The van der Waals surface area contributed by atoms with E-state index < -0.39 is 0 Å². The Morgan fingerprint density at radius 3 is 2.50 bits per heavy atom. The summed E-state index contributed by atoms with van der Waals surface area (Å²) in [6, 6.07) is 9.69. The number of hydrogen-bond donors (Lipinski definition) is 1. The van der Waals surface area contributed by atoms with E-state index >= 15 is 0 Å². The summed E-state index contributed by atoms with van der Waals surface area (Å²) in [7, 11) is 0. The average molecular weight is 275 g/mol. The normalized spacial score (nSPS) is 10.8. The first-order chi connectivity index (χ1) is 9.60. The van der Waals surface area contributed by atoms with Gasteiger partial charge < -0.3 is 5.32 Å². The van der Waals surface area contributed by atoms with Gasteiger partial charge in [-0.05, 0) is 54.8 Å². The minimum absolute atomic E-state index is 0.314. The third-order valence-corrected chi connectivity index (χ3v) is 3.14. The van der Waals surface area contributed by atoms with Crippen molar-refractivity contribution in [3.63, 3.8) is 0 Å². The molecule has 106 valence electrons. The highest BCUT2D eigenvalue weighted by atomic mass is 19.1. The van der Waals surface area contributed by atoms with Gasteiger partial charge in [-0.1, -0.05) is 25.1 Å². The molecule has 0 aromatic heterocycles. The first-order valence-corrected chi connectivity index (χ1v) is 6.87. The van der Waals surface area contributed by atoms with Crippen LogP contribution in [0.5, 0.6) is 0 Å². The van der Waals surface area contributed by atoms with Gasteiger partial charge in [-0.25, -0.2) is 8.78 Å². The van der Waals surface area contributed by atoms with Crippen LogP contribution < -0.4 is 5.32 Å². The van der Waals surface area contributed by atoms with Gasteiger partial charge in [0.15, 0.2) is 0 Å². The standard InChI is InChI=1S/C17H19F2N/c1-3-6-20-11-13-4-5-16(17(19)9-13)14-7-12(2)8-15(18)10-14/h4-5,7-10,20H,3,6,11H2,1-2H3. The van der Waals surface area contributed by atoms with Crippen LogP contribution in [0.15, 0.2) is 36.4 Å². The number of nitrogens with one attached hydrogen (secondary N) is 1. The van der Waals surface area contributed by atoms with Gasteiger partial charge in [-0.2, -0.15) is 0 Å². The molecule has 3 heteroatoms. The molecule has 0 saturated carbocycles. The highest BCUT2D eigenvalue weighted by molar-refractivity contribution is 5.65. The quantitative estimate of drug-likeness (QED) is 0.795. The zero-order chi connectivity index (χ0) is 14.5. The van der Waals surface area contributed by atoms with Gasteiger partial charge in [0.1, 0.15) is 11.6 Å². The molecule has 0 radical (unpaired) electrons. The Kier molecular flexibility index (Phi) is 4.85. The van der Waals surface area contributed by atoms with Crippen LogP contribution in [0.2, 0.25) is 0 Å². The molecule has 0 spiro atoms. The monoisotopic (exact) mass is 275 g/mol. The summed E-state index contributed by atoms with van der Waals surface area (Å²) in [6.45, 7) is 5.44. The van der Waals surface area contributed by atoms with Crippen LogP contribution in [0.25, 0.3) is 11.1 Å². The van der Waals surface area contributed by atoms with Crippen molar-refractivity contribution in [1.82, 2.24) is 5.32 Å². The SMILES string of the molecule is CCCNCc1ccc(-c2cc(C)cc(F)c2)c(F)c1. The number of aryl methyl sites for hydroxylation is 1. The van der Waals surface area contributed by atoms with E-state index in [0.717, 1.165) is 24.1 Å². The molecule has 0 aliphatic rings. The van der Waals surface area contributed by atoms with E-state index in [9.17, 15) is 8.78 Å². The molecule has 20 heavy (non-hydrogen) atoms. The summed E-state index contributed by atoms with van der Waals surface area (Å²) in [5.41, 5.74) is 2.70. The maximum absolute atomic E-state index is 14.2. The van der Waals surface area contributed by atoms with Crippen LogP contribution in [-0.2, 0) is 6.54 Å². The van der Waals surface area contributed by atoms with Gasteiger partial charge >= 0.3 is 0 Å². The summed E-state index contributed by atoms with van der Waals surface area (Å²) in [5, 5.41) is 3.23. The Labute approximate surface area is 118 Å². The van der Waals surface area contributed by atoms with E-state index in [2.05, 4.69) is 12.2 Å². The van der Waals surface area contributed by atoms with E-state index in [-0.39, 0.29) is 11.6 Å². The molecular formula is C17H19F2N. The number of benzene rings is 2. The molecule has 0 unspecified atom stereocenters. The third-order valence-electron chi connectivity index (χ3n) is 3.14. The van der Waals surface area contributed by atoms with Gasteiger partial charge in [0.2, 0.25) is 0 Å². The molecule has 0 atom stereocenters. The van der Waals surface area contributed by atoms with Gasteiger partial charge in [0.05, 0.1) is 0 Å². The fraction of sp³-hybridized carbons (Fsp3) is 0.294. The second-order valence-corrected chi connectivity index (χ2v) is 5.01. The Morgan fingerprint density at radius 1 is 1.05 bits per heavy atom.